The molecule has 0 radical (unpaired) electrons. The highest BCUT2D eigenvalue weighted by molar-refractivity contribution is 4.80. The van der Waals surface area contributed by atoms with Crippen LogP contribution in [0.2, 0.25) is 0 Å². The second-order valence-electron chi connectivity index (χ2n) is 5.45. The van der Waals surface area contributed by atoms with Crippen molar-refractivity contribution in [2.45, 2.75) is 77.3 Å². The molecule has 0 spiro atoms. The molecule has 0 bridgehead atoms. The third-order valence-corrected chi connectivity index (χ3v) is 3.83. The molecule has 3 unspecified atom stereocenters. The van der Waals surface area contributed by atoms with Crippen molar-refractivity contribution >= 4 is 0 Å². The smallest absolute Gasteiger partial charge is 0.00757 e. The maximum Gasteiger partial charge on any atom is 0.00757 e. The molecule has 0 aliphatic heterocycles. The number of nitrogens with one attached hydrogen (secondary N) is 1. The van der Waals surface area contributed by atoms with Gasteiger partial charge in [0, 0.05) is 12.1 Å². The molecule has 0 aromatic heterocycles. The van der Waals surface area contributed by atoms with Gasteiger partial charge in [-0.15, -0.1) is 6.58 Å². The quantitative estimate of drug-likeness (QED) is 0.523. The van der Waals surface area contributed by atoms with Crippen molar-refractivity contribution in [2.75, 3.05) is 0 Å². The number of rotatable bonds is 6. The zero-order valence-electron chi connectivity index (χ0n) is 11.2. The summed E-state index contributed by atoms with van der Waals surface area (Å²) in [7, 11) is 0. The van der Waals surface area contributed by atoms with Gasteiger partial charge in [0.05, 0.1) is 0 Å². The van der Waals surface area contributed by atoms with Gasteiger partial charge in [0.1, 0.15) is 0 Å². The molecular weight excluding hydrogens is 194 g/mol. The fraction of sp³-hybridized carbons (Fsp3) is 0.867. The Labute approximate surface area is 102 Å². The van der Waals surface area contributed by atoms with Crippen LogP contribution >= 0.6 is 0 Å². The standard InChI is InChI=1S/C15H29N/c1-4-7-13(3)16-15-10-6-9-14(8-5-2)11-12-15/h4,13-16H,1,5-12H2,2-3H3. The van der Waals surface area contributed by atoms with Gasteiger partial charge in [-0.25, -0.2) is 0 Å². The van der Waals surface area contributed by atoms with E-state index in [9.17, 15) is 0 Å². The molecule has 1 aliphatic carbocycles. The number of hydrogen-bond donors (Lipinski definition) is 1. The Balaban J connectivity index is 2.26. The molecule has 0 aromatic carbocycles. The van der Waals surface area contributed by atoms with Crippen LogP contribution in [0.1, 0.15) is 65.2 Å². The lowest BCUT2D eigenvalue weighted by molar-refractivity contribution is 0.390. The summed E-state index contributed by atoms with van der Waals surface area (Å²) in [6, 6.07) is 1.36. The summed E-state index contributed by atoms with van der Waals surface area (Å²) in [6.07, 6.45) is 13.0. The Kier molecular flexibility index (Phi) is 6.79. The topological polar surface area (TPSA) is 12.0 Å². The lowest BCUT2D eigenvalue weighted by Crippen LogP contribution is -2.35. The zero-order valence-corrected chi connectivity index (χ0v) is 11.2. The van der Waals surface area contributed by atoms with E-state index in [4.69, 9.17) is 0 Å². The first kappa shape index (κ1) is 13.8. The number of hydrogen-bond acceptors (Lipinski definition) is 1. The molecule has 1 saturated carbocycles. The summed E-state index contributed by atoms with van der Waals surface area (Å²) in [5, 5.41) is 3.75. The zero-order chi connectivity index (χ0) is 11.8. The van der Waals surface area contributed by atoms with E-state index < -0.39 is 0 Å². The first-order valence-electron chi connectivity index (χ1n) is 7.13. The second kappa shape index (κ2) is 7.89. The van der Waals surface area contributed by atoms with Crippen LogP contribution in [0.25, 0.3) is 0 Å². The van der Waals surface area contributed by atoms with Crippen molar-refractivity contribution in [3.63, 3.8) is 0 Å². The Morgan fingerprint density at radius 2 is 2.12 bits per heavy atom. The Bertz CT molecular complexity index is 188. The fourth-order valence-corrected chi connectivity index (χ4v) is 2.96. The van der Waals surface area contributed by atoms with Gasteiger partial charge in [-0.05, 0) is 38.5 Å². The van der Waals surface area contributed by atoms with E-state index in [-0.39, 0.29) is 0 Å². The van der Waals surface area contributed by atoms with Crippen molar-refractivity contribution in [1.29, 1.82) is 0 Å². The summed E-state index contributed by atoms with van der Waals surface area (Å²) < 4.78 is 0. The van der Waals surface area contributed by atoms with E-state index in [0.29, 0.717) is 6.04 Å². The van der Waals surface area contributed by atoms with Crippen LogP contribution in [-0.4, -0.2) is 12.1 Å². The molecule has 0 aromatic rings. The van der Waals surface area contributed by atoms with Crippen LogP contribution in [0.3, 0.4) is 0 Å². The van der Waals surface area contributed by atoms with Crippen molar-refractivity contribution in [2.24, 2.45) is 5.92 Å². The molecule has 3 atom stereocenters. The largest absolute Gasteiger partial charge is 0.311 e. The van der Waals surface area contributed by atoms with E-state index in [2.05, 4.69) is 25.7 Å². The minimum atomic E-state index is 0.602. The van der Waals surface area contributed by atoms with E-state index in [1.54, 1.807) is 0 Å². The van der Waals surface area contributed by atoms with Crippen LogP contribution in [0.15, 0.2) is 12.7 Å². The molecule has 0 saturated heterocycles. The molecule has 1 rings (SSSR count). The van der Waals surface area contributed by atoms with Gasteiger partial charge in [0.2, 0.25) is 0 Å². The summed E-state index contributed by atoms with van der Waals surface area (Å²) in [5.41, 5.74) is 0. The van der Waals surface area contributed by atoms with Crippen LogP contribution in [0.5, 0.6) is 0 Å². The van der Waals surface area contributed by atoms with E-state index in [0.717, 1.165) is 18.4 Å². The SMILES string of the molecule is C=CCC(C)NC1CCCC(CCC)CC1. The van der Waals surface area contributed by atoms with Crippen LogP contribution in [0, 0.1) is 5.92 Å². The highest BCUT2D eigenvalue weighted by Crippen LogP contribution is 2.26. The second-order valence-corrected chi connectivity index (χ2v) is 5.45. The molecule has 0 heterocycles. The Morgan fingerprint density at radius 3 is 2.81 bits per heavy atom. The van der Waals surface area contributed by atoms with Crippen LogP contribution in [0.4, 0.5) is 0 Å². The molecular formula is C15H29N. The van der Waals surface area contributed by atoms with Gasteiger partial charge in [-0.3, -0.25) is 0 Å². The third kappa shape index (κ3) is 5.16. The maximum absolute atomic E-state index is 3.81. The summed E-state index contributed by atoms with van der Waals surface area (Å²) >= 11 is 0. The van der Waals surface area contributed by atoms with Crippen LogP contribution in [-0.2, 0) is 0 Å². The first-order valence-corrected chi connectivity index (χ1v) is 7.13. The van der Waals surface area contributed by atoms with Crippen molar-refractivity contribution in [1.82, 2.24) is 5.32 Å². The average Bonchev–Trinajstić information content (AvgIpc) is 2.45. The maximum atomic E-state index is 3.81. The van der Waals surface area contributed by atoms with Gasteiger partial charge in [0.15, 0.2) is 0 Å². The molecule has 16 heavy (non-hydrogen) atoms. The molecule has 94 valence electrons. The summed E-state index contributed by atoms with van der Waals surface area (Å²) in [5.74, 6) is 1.01. The molecule has 1 N–H and O–H groups in total. The normalized spacial score (nSPS) is 28.4. The molecule has 1 fully saturated rings. The van der Waals surface area contributed by atoms with Gasteiger partial charge in [0.25, 0.3) is 0 Å². The third-order valence-electron chi connectivity index (χ3n) is 3.83. The van der Waals surface area contributed by atoms with Gasteiger partial charge < -0.3 is 5.32 Å². The minimum absolute atomic E-state index is 0.602. The van der Waals surface area contributed by atoms with E-state index in [1.807, 2.05) is 6.08 Å². The van der Waals surface area contributed by atoms with Crippen molar-refractivity contribution < 1.29 is 0 Å². The minimum Gasteiger partial charge on any atom is -0.311 e. The highest BCUT2D eigenvalue weighted by atomic mass is 14.9. The monoisotopic (exact) mass is 223 g/mol. The fourth-order valence-electron chi connectivity index (χ4n) is 2.96. The van der Waals surface area contributed by atoms with Gasteiger partial charge >= 0.3 is 0 Å². The lowest BCUT2D eigenvalue weighted by Gasteiger charge is -2.21. The molecule has 1 heteroatoms. The van der Waals surface area contributed by atoms with Crippen LogP contribution < -0.4 is 5.32 Å². The predicted molar refractivity (Wildman–Crippen MR) is 72.7 cm³/mol. The van der Waals surface area contributed by atoms with Crippen molar-refractivity contribution in [3.05, 3.63) is 12.7 Å². The molecule has 1 aliphatic rings. The summed E-state index contributed by atoms with van der Waals surface area (Å²) in [4.78, 5) is 0. The predicted octanol–water partition coefficient (Wildman–Crippen LogP) is 4.29. The first-order chi connectivity index (χ1) is 7.76. The summed E-state index contributed by atoms with van der Waals surface area (Å²) in [6.45, 7) is 8.39. The molecule has 0 amide bonds. The van der Waals surface area contributed by atoms with E-state index >= 15 is 0 Å². The van der Waals surface area contributed by atoms with E-state index in [1.165, 1.54) is 44.9 Å². The average molecular weight is 223 g/mol. The Hall–Kier alpha value is -0.300. The lowest BCUT2D eigenvalue weighted by atomic mass is 9.95. The Morgan fingerprint density at radius 1 is 1.31 bits per heavy atom. The molecule has 1 nitrogen and oxygen atoms in total. The van der Waals surface area contributed by atoms with Gasteiger partial charge in [-0.2, -0.15) is 0 Å². The highest BCUT2D eigenvalue weighted by Gasteiger charge is 2.18. The van der Waals surface area contributed by atoms with Gasteiger partial charge in [-0.1, -0.05) is 38.7 Å². The van der Waals surface area contributed by atoms with Crippen molar-refractivity contribution in [3.8, 4) is 0 Å².